The van der Waals surface area contributed by atoms with Crippen LogP contribution in [-0.2, 0) is 21.4 Å². The maximum absolute atomic E-state index is 13.8. The molecule has 0 saturated carbocycles. The van der Waals surface area contributed by atoms with Gasteiger partial charge in [-0.1, -0.05) is 30.3 Å². The van der Waals surface area contributed by atoms with Crippen LogP contribution in [0.2, 0.25) is 0 Å². The summed E-state index contributed by atoms with van der Waals surface area (Å²) in [5.41, 5.74) is 0.514. The molecule has 10 heteroatoms. The second-order valence-corrected chi connectivity index (χ2v) is 8.84. The van der Waals surface area contributed by atoms with Crippen molar-refractivity contribution in [1.29, 1.82) is 0 Å². The van der Waals surface area contributed by atoms with Gasteiger partial charge in [-0.3, -0.25) is 19.0 Å². The maximum Gasteiger partial charge on any atom is 0.262 e. The van der Waals surface area contributed by atoms with Gasteiger partial charge in [-0.05, 0) is 42.5 Å². The van der Waals surface area contributed by atoms with E-state index in [-0.39, 0.29) is 40.6 Å². The number of aromatic nitrogens is 2. The standard InChI is InChI=1S/C23H19FN4O4S/c24-19-9-2-3-10-20(19)27-33(31,32)17-7-5-6-16(14-17)26-23(30)12-13-28-21-11-4-1-8-18(21)22(29)15-25-28/h1-11,14-15,27H,12-13H2,(H,26,30). The molecule has 0 aliphatic rings. The van der Waals surface area contributed by atoms with E-state index in [2.05, 4.69) is 15.1 Å². The van der Waals surface area contributed by atoms with Crippen molar-refractivity contribution in [1.82, 2.24) is 9.78 Å². The van der Waals surface area contributed by atoms with Gasteiger partial charge in [0.1, 0.15) is 5.82 Å². The second kappa shape index (κ2) is 9.21. The molecule has 0 aliphatic carbocycles. The van der Waals surface area contributed by atoms with Crippen LogP contribution in [0.3, 0.4) is 0 Å². The molecule has 33 heavy (non-hydrogen) atoms. The Morgan fingerprint density at radius 3 is 2.58 bits per heavy atom. The van der Waals surface area contributed by atoms with Crippen LogP contribution in [0.4, 0.5) is 15.8 Å². The Hall–Kier alpha value is -4.05. The molecular formula is C23H19FN4O4S. The molecule has 4 aromatic rings. The lowest BCUT2D eigenvalue weighted by molar-refractivity contribution is -0.116. The van der Waals surface area contributed by atoms with Gasteiger partial charge in [0.05, 0.1) is 28.8 Å². The third-order valence-corrected chi connectivity index (χ3v) is 6.22. The monoisotopic (exact) mass is 466 g/mol. The van der Waals surface area contributed by atoms with Crippen molar-refractivity contribution in [2.75, 3.05) is 10.0 Å². The number of rotatable bonds is 7. The second-order valence-electron chi connectivity index (χ2n) is 7.16. The molecule has 8 nitrogen and oxygen atoms in total. The predicted octanol–water partition coefficient (Wildman–Crippen LogP) is 3.37. The molecule has 1 aromatic heterocycles. The summed E-state index contributed by atoms with van der Waals surface area (Å²) >= 11 is 0. The lowest BCUT2D eigenvalue weighted by Gasteiger charge is -2.11. The number of hydrogen-bond acceptors (Lipinski definition) is 5. The van der Waals surface area contributed by atoms with Gasteiger partial charge >= 0.3 is 0 Å². The largest absolute Gasteiger partial charge is 0.326 e. The Balaban J connectivity index is 1.45. The number of halogens is 1. The van der Waals surface area contributed by atoms with Gasteiger partial charge in [-0.2, -0.15) is 5.10 Å². The van der Waals surface area contributed by atoms with Crippen molar-refractivity contribution < 1.29 is 17.6 Å². The molecule has 0 unspecified atom stereocenters. The molecule has 0 radical (unpaired) electrons. The number of carbonyl (C=O) groups excluding carboxylic acids is 1. The average Bonchev–Trinajstić information content (AvgIpc) is 2.80. The molecule has 0 bridgehead atoms. The molecule has 0 saturated heterocycles. The van der Waals surface area contributed by atoms with Crippen LogP contribution in [0.5, 0.6) is 0 Å². The predicted molar refractivity (Wildman–Crippen MR) is 123 cm³/mol. The van der Waals surface area contributed by atoms with E-state index in [0.717, 1.165) is 6.07 Å². The first-order chi connectivity index (χ1) is 15.8. The summed E-state index contributed by atoms with van der Waals surface area (Å²) in [6, 6.07) is 18.0. The number of carbonyl (C=O) groups is 1. The number of para-hydroxylation sites is 2. The molecule has 0 atom stereocenters. The summed E-state index contributed by atoms with van der Waals surface area (Å²) in [6.45, 7) is 0.222. The summed E-state index contributed by atoms with van der Waals surface area (Å²) in [7, 11) is -4.06. The van der Waals surface area contributed by atoms with Gasteiger partial charge in [0.2, 0.25) is 11.3 Å². The van der Waals surface area contributed by atoms with E-state index >= 15 is 0 Å². The summed E-state index contributed by atoms with van der Waals surface area (Å²) in [5.74, 6) is -1.06. The van der Waals surface area contributed by atoms with Crippen LogP contribution in [0.15, 0.2) is 88.7 Å². The van der Waals surface area contributed by atoms with E-state index in [9.17, 15) is 22.4 Å². The zero-order valence-electron chi connectivity index (χ0n) is 17.2. The fourth-order valence-electron chi connectivity index (χ4n) is 3.26. The van der Waals surface area contributed by atoms with E-state index in [4.69, 9.17) is 0 Å². The number of amides is 1. The van der Waals surface area contributed by atoms with Crippen molar-refractivity contribution >= 4 is 38.2 Å². The number of benzene rings is 3. The van der Waals surface area contributed by atoms with Gasteiger partial charge < -0.3 is 5.32 Å². The molecule has 0 aliphatic heterocycles. The minimum Gasteiger partial charge on any atom is -0.326 e. The van der Waals surface area contributed by atoms with Crippen LogP contribution in [-0.4, -0.2) is 24.1 Å². The fraction of sp³-hybridized carbons (Fsp3) is 0.0870. The normalized spacial score (nSPS) is 11.3. The minimum absolute atomic E-state index is 0.0460. The highest BCUT2D eigenvalue weighted by Crippen LogP contribution is 2.21. The first-order valence-electron chi connectivity index (χ1n) is 9.96. The summed E-state index contributed by atoms with van der Waals surface area (Å²) < 4.78 is 42.8. The van der Waals surface area contributed by atoms with Crippen molar-refractivity contribution in [2.24, 2.45) is 0 Å². The number of nitrogens with one attached hydrogen (secondary N) is 2. The maximum atomic E-state index is 13.8. The Kier molecular flexibility index (Phi) is 6.18. The van der Waals surface area contributed by atoms with E-state index < -0.39 is 15.8 Å². The van der Waals surface area contributed by atoms with Gasteiger partial charge in [0.25, 0.3) is 10.0 Å². The molecule has 2 N–H and O–H groups in total. The highest BCUT2D eigenvalue weighted by atomic mass is 32.2. The number of fused-ring (bicyclic) bond motifs is 1. The van der Waals surface area contributed by atoms with E-state index in [1.54, 1.807) is 35.0 Å². The van der Waals surface area contributed by atoms with Gasteiger partial charge in [-0.15, -0.1) is 0 Å². The molecule has 3 aromatic carbocycles. The zero-order valence-corrected chi connectivity index (χ0v) is 18.0. The number of anilines is 2. The van der Waals surface area contributed by atoms with Gasteiger partial charge in [-0.25, -0.2) is 12.8 Å². The van der Waals surface area contributed by atoms with Crippen LogP contribution in [0.1, 0.15) is 6.42 Å². The number of nitrogens with zero attached hydrogens (tertiary/aromatic N) is 2. The smallest absolute Gasteiger partial charge is 0.262 e. The summed E-state index contributed by atoms with van der Waals surface area (Å²) in [5, 5.41) is 7.24. The lowest BCUT2D eigenvalue weighted by Crippen LogP contribution is -2.18. The number of hydrogen-bond donors (Lipinski definition) is 2. The minimum atomic E-state index is -4.06. The van der Waals surface area contributed by atoms with E-state index in [1.807, 2.05) is 0 Å². The van der Waals surface area contributed by atoms with Crippen molar-refractivity contribution in [3.63, 3.8) is 0 Å². The van der Waals surface area contributed by atoms with Crippen molar-refractivity contribution in [2.45, 2.75) is 17.9 Å². The van der Waals surface area contributed by atoms with E-state index in [0.29, 0.717) is 10.9 Å². The van der Waals surface area contributed by atoms with Crippen molar-refractivity contribution in [3.8, 4) is 0 Å². The molecule has 0 spiro atoms. The molecular weight excluding hydrogens is 447 g/mol. The van der Waals surface area contributed by atoms with Gasteiger partial charge in [0, 0.05) is 17.5 Å². The highest BCUT2D eigenvalue weighted by molar-refractivity contribution is 7.92. The molecule has 0 fully saturated rings. The SMILES string of the molecule is O=C(CCn1ncc(=O)c2ccccc21)Nc1cccc(S(=O)(=O)Nc2ccccc2F)c1. The zero-order chi connectivity index (χ0) is 23.4. The van der Waals surface area contributed by atoms with Crippen LogP contribution < -0.4 is 15.5 Å². The lowest BCUT2D eigenvalue weighted by atomic mass is 10.2. The Labute approximate surface area is 188 Å². The van der Waals surface area contributed by atoms with E-state index in [1.165, 1.54) is 42.6 Å². The highest BCUT2D eigenvalue weighted by Gasteiger charge is 2.17. The molecule has 1 amide bonds. The molecule has 1 heterocycles. The first kappa shape index (κ1) is 22.2. The first-order valence-corrected chi connectivity index (χ1v) is 11.4. The summed E-state index contributed by atoms with van der Waals surface area (Å²) in [4.78, 5) is 24.3. The van der Waals surface area contributed by atoms with Crippen LogP contribution in [0, 0.1) is 5.82 Å². The number of sulfonamides is 1. The quantitative estimate of drug-likeness (QED) is 0.434. The third kappa shape index (κ3) is 5.07. The Bertz CT molecular complexity index is 1500. The average molecular weight is 466 g/mol. The fourth-order valence-corrected chi connectivity index (χ4v) is 4.37. The third-order valence-electron chi connectivity index (χ3n) is 4.86. The van der Waals surface area contributed by atoms with Crippen LogP contribution in [0.25, 0.3) is 10.9 Å². The molecule has 4 rings (SSSR count). The van der Waals surface area contributed by atoms with Crippen LogP contribution >= 0.6 is 0 Å². The Morgan fingerprint density at radius 1 is 1.00 bits per heavy atom. The van der Waals surface area contributed by atoms with Crippen molar-refractivity contribution in [3.05, 3.63) is 95.0 Å². The van der Waals surface area contributed by atoms with Gasteiger partial charge in [0.15, 0.2) is 0 Å². The molecule has 168 valence electrons. The Morgan fingerprint density at radius 2 is 1.76 bits per heavy atom. The topological polar surface area (TPSA) is 110 Å². The number of aryl methyl sites for hydroxylation is 1. The summed E-state index contributed by atoms with van der Waals surface area (Å²) in [6.07, 6.45) is 1.25.